The lowest BCUT2D eigenvalue weighted by Crippen LogP contribution is -2.31. The molecule has 0 atom stereocenters. The van der Waals surface area contributed by atoms with Gasteiger partial charge in [-0.3, -0.25) is 0 Å². The van der Waals surface area contributed by atoms with Gasteiger partial charge in [-0.15, -0.1) is 0 Å². The Labute approximate surface area is 97.8 Å². The average Bonchev–Trinajstić information content (AvgIpc) is 2.30. The Morgan fingerprint density at radius 3 is 2.44 bits per heavy atom. The lowest BCUT2D eigenvalue weighted by atomic mass is 10.0. The van der Waals surface area contributed by atoms with Crippen molar-refractivity contribution in [2.24, 2.45) is 5.73 Å². The number of nitrogens with two attached hydrogens (primary N) is 1. The first-order valence-electron chi connectivity index (χ1n) is 5.91. The second-order valence-electron chi connectivity index (χ2n) is 4.50. The summed E-state index contributed by atoms with van der Waals surface area (Å²) in [6.07, 6.45) is 3.37. The van der Waals surface area contributed by atoms with Crippen LogP contribution in [0.2, 0.25) is 0 Å². The van der Waals surface area contributed by atoms with Crippen molar-refractivity contribution in [3.8, 4) is 0 Å². The van der Waals surface area contributed by atoms with Crippen LogP contribution in [0.25, 0.3) is 0 Å². The molecule has 2 N–H and O–H groups in total. The number of nitrogens with zero attached hydrogens (tertiary/aromatic N) is 1. The van der Waals surface area contributed by atoms with Crippen molar-refractivity contribution in [1.82, 2.24) is 0 Å². The predicted molar refractivity (Wildman–Crippen MR) is 69.9 cm³/mol. The highest BCUT2D eigenvalue weighted by Gasteiger charge is 2.14. The summed E-state index contributed by atoms with van der Waals surface area (Å²) < 4.78 is 0. The molecule has 2 heteroatoms. The molecular formula is C14H20N2. The molecule has 2 nitrogen and oxygen atoms in total. The fraction of sp³-hybridized carbons (Fsp3) is 0.429. The molecule has 16 heavy (non-hydrogen) atoms. The maximum Gasteiger partial charge on any atom is 0.0428 e. The molecule has 0 spiro atoms. The molecule has 0 saturated heterocycles. The molecule has 1 aliphatic heterocycles. The molecule has 1 aromatic carbocycles. The van der Waals surface area contributed by atoms with Crippen molar-refractivity contribution in [1.29, 1.82) is 0 Å². The van der Waals surface area contributed by atoms with E-state index in [1.165, 1.54) is 22.4 Å². The van der Waals surface area contributed by atoms with Gasteiger partial charge >= 0.3 is 0 Å². The quantitative estimate of drug-likeness (QED) is 0.769. The Morgan fingerprint density at radius 1 is 1.25 bits per heavy atom. The lowest BCUT2D eigenvalue weighted by molar-refractivity contribution is 0.768. The molecule has 0 aromatic heterocycles. The second kappa shape index (κ2) is 4.71. The van der Waals surface area contributed by atoms with Crippen LogP contribution in [-0.2, 0) is 0 Å². The summed E-state index contributed by atoms with van der Waals surface area (Å²) in [5.74, 6) is 0. The molecule has 0 amide bonds. The third kappa shape index (κ3) is 2.12. The largest absolute Gasteiger partial charge is 0.367 e. The average molecular weight is 216 g/mol. The van der Waals surface area contributed by atoms with Gasteiger partial charge in [0.2, 0.25) is 0 Å². The van der Waals surface area contributed by atoms with Gasteiger partial charge in [-0.25, -0.2) is 0 Å². The summed E-state index contributed by atoms with van der Waals surface area (Å²) in [7, 11) is 0. The van der Waals surface area contributed by atoms with E-state index in [4.69, 9.17) is 5.73 Å². The van der Waals surface area contributed by atoms with Gasteiger partial charge in [0, 0.05) is 25.3 Å². The summed E-state index contributed by atoms with van der Waals surface area (Å²) in [6.45, 7) is 7.17. The Bertz CT molecular complexity index is 387. The fourth-order valence-electron chi connectivity index (χ4n) is 2.40. The maximum atomic E-state index is 5.66. The number of anilines is 1. The second-order valence-corrected chi connectivity index (χ2v) is 4.50. The minimum atomic E-state index is 0.709. The highest BCUT2D eigenvalue weighted by Crippen LogP contribution is 2.26. The zero-order valence-corrected chi connectivity index (χ0v) is 10.2. The van der Waals surface area contributed by atoms with E-state index in [2.05, 4.69) is 43.0 Å². The Morgan fingerprint density at radius 2 is 1.94 bits per heavy atom. The lowest BCUT2D eigenvalue weighted by Gasteiger charge is -2.30. The van der Waals surface area contributed by atoms with Crippen LogP contribution in [-0.4, -0.2) is 19.6 Å². The molecule has 0 bridgehead atoms. The van der Waals surface area contributed by atoms with Crippen LogP contribution in [0.15, 0.2) is 29.8 Å². The number of para-hydroxylation sites is 1. The molecule has 0 fully saturated rings. The van der Waals surface area contributed by atoms with Crippen LogP contribution in [0, 0.1) is 13.8 Å². The highest BCUT2D eigenvalue weighted by atomic mass is 15.1. The minimum Gasteiger partial charge on any atom is -0.367 e. The Kier molecular flexibility index (Phi) is 3.30. The van der Waals surface area contributed by atoms with E-state index in [-0.39, 0.29) is 0 Å². The third-order valence-corrected chi connectivity index (χ3v) is 3.32. The van der Waals surface area contributed by atoms with Gasteiger partial charge in [0.15, 0.2) is 0 Å². The topological polar surface area (TPSA) is 29.3 Å². The maximum absolute atomic E-state index is 5.66. The third-order valence-electron chi connectivity index (χ3n) is 3.32. The Hall–Kier alpha value is -1.28. The summed E-state index contributed by atoms with van der Waals surface area (Å²) in [5.41, 5.74) is 11.2. The van der Waals surface area contributed by atoms with Gasteiger partial charge in [-0.1, -0.05) is 29.8 Å². The van der Waals surface area contributed by atoms with E-state index in [9.17, 15) is 0 Å². The smallest absolute Gasteiger partial charge is 0.0428 e. The van der Waals surface area contributed by atoms with E-state index in [1.54, 1.807) is 0 Å². The van der Waals surface area contributed by atoms with Crippen LogP contribution in [0.3, 0.4) is 0 Å². The van der Waals surface area contributed by atoms with Gasteiger partial charge in [0.05, 0.1) is 0 Å². The van der Waals surface area contributed by atoms with Crippen molar-refractivity contribution in [3.05, 3.63) is 41.0 Å². The summed E-state index contributed by atoms with van der Waals surface area (Å²) >= 11 is 0. The van der Waals surface area contributed by atoms with Crippen LogP contribution in [0.4, 0.5) is 5.69 Å². The standard InChI is InChI=1S/C14H20N2/c1-11-4-3-5-12(2)14(11)16-8-6-13(10-15)7-9-16/h3-6H,7-10,15H2,1-2H3. The molecule has 0 radical (unpaired) electrons. The van der Waals surface area contributed by atoms with Crippen molar-refractivity contribution in [3.63, 3.8) is 0 Å². The van der Waals surface area contributed by atoms with E-state index < -0.39 is 0 Å². The van der Waals surface area contributed by atoms with Gasteiger partial charge in [0.25, 0.3) is 0 Å². The molecule has 86 valence electrons. The fourth-order valence-corrected chi connectivity index (χ4v) is 2.40. The minimum absolute atomic E-state index is 0.709. The predicted octanol–water partition coefficient (Wildman–Crippen LogP) is 2.40. The number of benzene rings is 1. The monoisotopic (exact) mass is 216 g/mol. The first-order chi connectivity index (χ1) is 7.72. The van der Waals surface area contributed by atoms with Crippen molar-refractivity contribution >= 4 is 5.69 Å². The van der Waals surface area contributed by atoms with Crippen LogP contribution >= 0.6 is 0 Å². The molecule has 0 saturated carbocycles. The van der Waals surface area contributed by atoms with Crippen LogP contribution in [0.1, 0.15) is 17.5 Å². The SMILES string of the molecule is Cc1cccc(C)c1N1CC=C(CN)CC1. The zero-order chi connectivity index (χ0) is 11.5. The molecule has 1 heterocycles. The molecule has 0 aliphatic carbocycles. The van der Waals surface area contributed by atoms with E-state index >= 15 is 0 Å². The molecule has 2 rings (SSSR count). The van der Waals surface area contributed by atoms with Crippen molar-refractivity contribution < 1.29 is 0 Å². The van der Waals surface area contributed by atoms with Crippen molar-refractivity contribution in [2.45, 2.75) is 20.3 Å². The molecular weight excluding hydrogens is 196 g/mol. The van der Waals surface area contributed by atoms with Gasteiger partial charge in [-0.05, 0) is 31.4 Å². The highest BCUT2D eigenvalue weighted by molar-refractivity contribution is 5.59. The van der Waals surface area contributed by atoms with Gasteiger partial charge < -0.3 is 10.6 Å². The number of hydrogen-bond donors (Lipinski definition) is 1. The molecule has 1 aliphatic rings. The first-order valence-corrected chi connectivity index (χ1v) is 5.91. The van der Waals surface area contributed by atoms with Crippen LogP contribution in [0.5, 0.6) is 0 Å². The zero-order valence-electron chi connectivity index (χ0n) is 10.2. The Balaban J connectivity index is 2.24. The van der Waals surface area contributed by atoms with E-state index in [0.29, 0.717) is 6.54 Å². The number of aryl methyl sites for hydroxylation is 2. The molecule has 1 aromatic rings. The van der Waals surface area contributed by atoms with Crippen molar-refractivity contribution in [2.75, 3.05) is 24.5 Å². The van der Waals surface area contributed by atoms with Crippen LogP contribution < -0.4 is 10.6 Å². The molecule has 0 unspecified atom stereocenters. The van der Waals surface area contributed by atoms with Gasteiger partial charge in [-0.2, -0.15) is 0 Å². The number of rotatable bonds is 2. The first kappa shape index (κ1) is 11.2. The summed E-state index contributed by atoms with van der Waals surface area (Å²) in [5, 5.41) is 0. The van der Waals surface area contributed by atoms with E-state index in [1.807, 2.05) is 0 Å². The van der Waals surface area contributed by atoms with Gasteiger partial charge in [0.1, 0.15) is 0 Å². The summed E-state index contributed by atoms with van der Waals surface area (Å²) in [6, 6.07) is 6.49. The summed E-state index contributed by atoms with van der Waals surface area (Å²) in [4.78, 5) is 2.45. The number of hydrogen-bond acceptors (Lipinski definition) is 2. The normalized spacial score (nSPS) is 16.2. The van der Waals surface area contributed by atoms with E-state index in [0.717, 1.165) is 19.5 Å².